The average Bonchev–Trinajstić information content (AvgIpc) is 2.95. The van der Waals surface area contributed by atoms with E-state index in [2.05, 4.69) is 29.8 Å². The Morgan fingerprint density at radius 2 is 2.21 bits per heavy atom. The second-order valence-corrected chi connectivity index (χ2v) is 8.15. The third-order valence-corrected chi connectivity index (χ3v) is 5.97. The summed E-state index contributed by atoms with van der Waals surface area (Å²) in [5.74, 6) is 0.433. The highest BCUT2D eigenvalue weighted by atomic mass is 79.9. The highest BCUT2D eigenvalue weighted by molar-refractivity contribution is 9.10. The van der Waals surface area contributed by atoms with E-state index in [1.165, 1.54) is 18.2 Å². The largest absolute Gasteiger partial charge is 0.480 e. The van der Waals surface area contributed by atoms with Crippen molar-refractivity contribution in [3.05, 3.63) is 28.5 Å². The fourth-order valence-corrected chi connectivity index (χ4v) is 4.76. The molecule has 1 saturated heterocycles. The smallest absolute Gasteiger partial charge is 0.263 e. The van der Waals surface area contributed by atoms with Crippen molar-refractivity contribution in [2.45, 2.75) is 45.4 Å². The van der Waals surface area contributed by atoms with Crippen LogP contribution < -0.4 is 4.74 Å². The van der Waals surface area contributed by atoms with Crippen molar-refractivity contribution in [3.63, 3.8) is 0 Å². The number of amides is 1. The van der Waals surface area contributed by atoms with Crippen molar-refractivity contribution in [2.75, 3.05) is 13.7 Å². The summed E-state index contributed by atoms with van der Waals surface area (Å²) in [5.41, 5.74) is -0.0538. The van der Waals surface area contributed by atoms with Gasteiger partial charge in [-0.25, -0.2) is 4.39 Å². The fourth-order valence-electron chi connectivity index (χ4n) is 4.32. The van der Waals surface area contributed by atoms with Gasteiger partial charge in [-0.2, -0.15) is 0 Å². The summed E-state index contributed by atoms with van der Waals surface area (Å²) in [6.07, 6.45) is 0.587. The fraction of sp³-hybridized carbons (Fsp3) is 0.611. The normalized spacial score (nSPS) is 28.7. The maximum absolute atomic E-state index is 13.2. The molecule has 132 valence electrons. The Balaban J connectivity index is 1.69. The molecule has 24 heavy (non-hydrogen) atoms. The number of hydrogen-bond donors (Lipinski definition) is 0. The molecular weight excluding hydrogens is 377 g/mol. The average molecular weight is 400 g/mol. The van der Waals surface area contributed by atoms with Crippen molar-refractivity contribution >= 4 is 21.8 Å². The number of likely N-dealkylation sites (N-methyl/N-ethyl adjacent to an activating group) is 1. The summed E-state index contributed by atoms with van der Waals surface area (Å²) < 4.78 is 25.2. The van der Waals surface area contributed by atoms with Gasteiger partial charge in [-0.3, -0.25) is 4.79 Å². The van der Waals surface area contributed by atoms with Crippen LogP contribution in [-0.2, 0) is 9.53 Å². The van der Waals surface area contributed by atoms with Gasteiger partial charge in [0.2, 0.25) is 0 Å². The van der Waals surface area contributed by atoms with Gasteiger partial charge in [0.05, 0.1) is 10.6 Å². The van der Waals surface area contributed by atoms with Crippen LogP contribution in [0.25, 0.3) is 0 Å². The van der Waals surface area contributed by atoms with E-state index in [0.717, 1.165) is 13.0 Å². The molecule has 2 aliphatic rings. The minimum atomic E-state index is -0.645. The van der Waals surface area contributed by atoms with Crippen LogP contribution in [0.2, 0.25) is 0 Å². The van der Waals surface area contributed by atoms with Crippen LogP contribution in [0.4, 0.5) is 4.39 Å². The van der Waals surface area contributed by atoms with Crippen LogP contribution in [0.5, 0.6) is 5.75 Å². The van der Waals surface area contributed by atoms with E-state index < -0.39 is 6.10 Å². The molecule has 1 aromatic carbocycles. The number of carbonyl (C=O) groups is 1. The zero-order chi connectivity index (χ0) is 17.6. The van der Waals surface area contributed by atoms with Crippen LogP contribution in [-0.4, -0.2) is 42.7 Å². The first kappa shape index (κ1) is 17.7. The third-order valence-electron chi connectivity index (χ3n) is 5.35. The third kappa shape index (κ3) is 2.84. The maximum atomic E-state index is 13.2. The Morgan fingerprint density at radius 3 is 2.88 bits per heavy atom. The topological polar surface area (TPSA) is 38.8 Å². The summed E-state index contributed by atoms with van der Waals surface area (Å²) >= 11 is 3.26. The quantitative estimate of drug-likeness (QED) is 0.775. The molecule has 0 bridgehead atoms. The van der Waals surface area contributed by atoms with Gasteiger partial charge < -0.3 is 14.4 Å². The molecule has 6 heteroatoms. The zero-order valence-corrected chi connectivity index (χ0v) is 16.0. The number of halogens is 2. The predicted molar refractivity (Wildman–Crippen MR) is 92.4 cm³/mol. The highest BCUT2D eigenvalue weighted by Crippen LogP contribution is 2.54. The van der Waals surface area contributed by atoms with Gasteiger partial charge in [0.25, 0.3) is 5.91 Å². The molecule has 0 N–H and O–H groups in total. The van der Waals surface area contributed by atoms with Gasteiger partial charge >= 0.3 is 0 Å². The van der Waals surface area contributed by atoms with E-state index in [1.54, 1.807) is 11.8 Å². The summed E-state index contributed by atoms with van der Waals surface area (Å²) in [7, 11) is 1.84. The van der Waals surface area contributed by atoms with Gasteiger partial charge in [0.1, 0.15) is 11.6 Å². The van der Waals surface area contributed by atoms with Gasteiger partial charge in [0.15, 0.2) is 6.10 Å². The van der Waals surface area contributed by atoms with E-state index >= 15 is 0 Å². The molecule has 1 aliphatic heterocycles. The van der Waals surface area contributed by atoms with Crippen LogP contribution in [0.15, 0.2) is 22.7 Å². The van der Waals surface area contributed by atoms with Crippen molar-refractivity contribution in [2.24, 2.45) is 11.3 Å². The molecule has 0 spiro atoms. The Hall–Kier alpha value is -1.14. The minimum Gasteiger partial charge on any atom is -0.480 e. The molecule has 1 aliphatic carbocycles. The van der Waals surface area contributed by atoms with Crippen molar-refractivity contribution in [3.8, 4) is 5.75 Å². The second kappa shape index (κ2) is 6.30. The predicted octanol–water partition coefficient (Wildman–Crippen LogP) is 3.63. The SMILES string of the molecule is CC(Oc1ccc(F)cc1Br)C(=O)N(C)C1C2CCOC2C1(C)C. The van der Waals surface area contributed by atoms with E-state index in [0.29, 0.717) is 16.1 Å². The van der Waals surface area contributed by atoms with E-state index in [1.807, 2.05) is 7.05 Å². The Labute approximate surface area is 150 Å². The van der Waals surface area contributed by atoms with Crippen LogP contribution in [0.1, 0.15) is 27.2 Å². The Morgan fingerprint density at radius 1 is 1.50 bits per heavy atom. The van der Waals surface area contributed by atoms with Gasteiger partial charge in [-0.15, -0.1) is 0 Å². The first-order chi connectivity index (χ1) is 11.2. The molecule has 1 heterocycles. The van der Waals surface area contributed by atoms with Crippen LogP contribution in [0, 0.1) is 17.2 Å². The number of benzene rings is 1. The lowest BCUT2D eigenvalue weighted by molar-refractivity contribution is -0.171. The van der Waals surface area contributed by atoms with E-state index in [9.17, 15) is 9.18 Å². The lowest BCUT2D eigenvalue weighted by Crippen LogP contribution is -2.67. The van der Waals surface area contributed by atoms with Gasteiger partial charge in [-0.05, 0) is 47.5 Å². The van der Waals surface area contributed by atoms with Crippen molar-refractivity contribution < 1.29 is 18.7 Å². The summed E-state index contributed by atoms with van der Waals surface area (Å²) in [6.45, 7) is 6.79. The zero-order valence-electron chi connectivity index (χ0n) is 14.4. The molecule has 4 nitrogen and oxygen atoms in total. The first-order valence-corrected chi connectivity index (χ1v) is 9.02. The molecule has 4 atom stereocenters. The van der Waals surface area contributed by atoms with Crippen molar-refractivity contribution in [1.29, 1.82) is 0 Å². The lowest BCUT2D eigenvalue weighted by Gasteiger charge is -2.57. The maximum Gasteiger partial charge on any atom is 0.263 e. The number of fused-ring (bicyclic) bond motifs is 1. The van der Waals surface area contributed by atoms with Crippen LogP contribution >= 0.6 is 15.9 Å². The number of ether oxygens (including phenoxy) is 2. The number of nitrogens with zero attached hydrogens (tertiary/aromatic N) is 1. The second-order valence-electron chi connectivity index (χ2n) is 7.29. The monoisotopic (exact) mass is 399 g/mol. The van der Waals surface area contributed by atoms with Crippen molar-refractivity contribution in [1.82, 2.24) is 4.90 Å². The molecule has 0 aromatic heterocycles. The molecule has 1 aromatic rings. The minimum absolute atomic E-state index is 0.0538. The van der Waals surface area contributed by atoms with E-state index in [4.69, 9.17) is 9.47 Å². The van der Waals surface area contributed by atoms with E-state index in [-0.39, 0.29) is 29.3 Å². The number of rotatable bonds is 4. The van der Waals surface area contributed by atoms with Gasteiger partial charge in [-0.1, -0.05) is 13.8 Å². The first-order valence-electron chi connectivity index (χ1n) is 8.23. The Kier molecular flexibility index (Phi) is 4.64. The molecule has 1 amide bonds. The van der Waals surface area contributed by atoms with Gasteiger partial charge in [0, 0.05) is 31.0 Å². The van der Waals surface area contributed by atoms with Crippen LogP contribution in [0.3, 0.4) is 0 Å². The molecular formula is C18H23BrFNO3. The number of carbonyl (C=O) groups excluding carboxylic acids is 1. The molecule has 0 radical (unpaired) electrons. The lowest BCUT2D eigenvalue weighted by atomic mass is 9.56. The standard InChI is InChI=1S/C18H23BrFNO3/c1-10(24-14-6-5-11(20)9-13(14)19)17(22)21(4)15-12-7-8-23-16(12)18(15,2)3/h5-6,9-10,12,15-16H,7-8H2,1-4H3. The molecule has 4 unspecified atom stereocenters. The number of hydrogen-bond acceptors (Lipinski definition) is 3. The summed E-state index contributed by atoms with van der Waals surface area (Å²) in [5, 5.41) is 0. The summed E-state index contributed by atoms with van der Waals surface area (Å²) in [6, 6.07) is 4.32. The Bertz CT molecular complexity index is 651. The highest BCUT2D eigenvalue weighted by Gasteiger charge is 2.61. The molecule has 1 saturated carbocycles. The molecule has 3 rings (SSSR count). The summed E-state index contributed by atoms with van der Waals surface area (Å²) in [4.78, 5) is 14.6. The molecule has 2 fully saturated rings.